The van der Waals surface area contributed by atoms with Gasteiger partial charge in [0, 0.05) is 17.2 Å². The van der Waals surface area contributed by atoms with Gasteiger partial charge < -0.3 is 5.73 Å². The molecule has 84 valence electrons. The molecule has 2 heterocycles. The van der Waals surface area contributed by atoms with E-state index < -0.39 is 0 Å². The van der Waals surface area contributed by atoms with Crippen molar-refractivity contribution in [3.8, 4) is 0 Å². The van der Waals surface area contributed by atoms with Crippen LogP contribution in [0.2, 0.25) is 0 Å². The average Bonchev–Trinajstić information content (AvgIpc) is 2.91. The highest BCUT2D eigenvalue weighted by Gasteiger charge is 2.27. The summed E-state index contributed by atoms with van der Waals surface area (Å²) in [6, 6.07) is 0. The number of nitrogen functional groups attached to an aromatic ring is 1. The van der Waals surface area contributed by atoms with E-state index in [9.17, 15) is 0 Å². The molecule has 0 bridgehead atoms. The van der Waals surface area contributed by atoms with Gasteiger partial charge in [0.2, 0.25) is 0 Å². The maximum Gasteiger partial charge on any atom is 0.180 e. The van der Waals surface area contributed by atoms with E-state index in [1.807, 2.05) is 6.92 Å². The average molecular weight is 235 g/mol. The Morgan fingerprint density at radius 3 is 2.88 bits per heavy atom. The first-order valence-corrected chi connectivity index (χ1v) is 6.17. The Morgan fingerprint density at radius 1 is 1.44 bits per heavy atom. The summed E-state index contributed by atoms with van der Waals surface area (Å²) in [6.07, 6.45) is 3.20. The third kappa shape index (κ3) is 1.80. The number of aromatic amines is 1. The van der Waals surface area contributed by atoms with Crippen LogP contribution in [0.25, 0.3) is 0 Å². The molecule has 6 heteroatoms. The minimum atomic E-state index is 0.595. The van der Waals surface area contributed by atoms with Gasteiger partial charge in [-0.1, -0.05) is 0 Å². The predicted molar refractivity (Wildman–Crippen MR) is 62.4 cm³/mol. The predicted octanol–water partition coefficient (Wildman–Crippen LogP) is 1.62. The van der Waals surface area contributed by atoms with E-state index in [0.29, 0.717) is 11.0 Å². The molecular formula is C10H13N5S. The van der Waals surface area contributed by atoms with Crippen molar-refractivity contribution in [3.63, 3.8) is 0 Å². The Hall–Kier alpha value is -1.43. The molecule has 0 unspecified atom stereocenters. The van der Waals surface area contributed by atoms with Gasteiger partial charge in [-0.3, -0.25) is 5.10 Å². The van der Waals surface area contributed by atoms with Crippen LogP contribution >= 0.6 is 11.3 Å². The third-order valence-corrected chi connectivity index (χ3v) is 3.72. The van der Waals surface area contributed by atoms with Crippen molar-refractivity contribution in [3.05, 3.63) is 22.2 Å². The first-order valence-electron chi connectivity index (χ1n) is 5.35. The number of nitrogens with zero attached hydrogens (tertiary/aromatic N) is 3. The van der Waals surface area contributed by atoms with Crippen molar-refractivity contribution in [1.29, 1.82) is 0 Å². The Labute approximate surface area is 97.1 Å². The number of hydrogen-bond donors (Lipinski definition) is 2. The van der Waals surface area contributed by atoms with Gasteiger partial charge in [0.15, 0.2) is 11.0 Å². The summed E-state index contributed by atoms with van der Waals surface area (Å²) in [5.74, 6) is 2.47. The van der Waals surface area contributed by atoms with E-state index in [-0.39, 0.29) is 0 Å². The molecule has 16 heavy (non-hydrogen) atoms. The summed E-state index contributed by atoms with van der Waals surface area (Å²) in [4.78, 5) is 9.85. The number of hydrogen-bond acceptors (Lipinski definition) is 5. The Balaban J connectivity index is 1.79. The van der Waals surface area contributed by atoms with Crippen molar-refractivity contribution in [2.75, 3.05) is 5.73 Å². The summed E-state index contributed by atoms with van der Waals surface area (Å²) < 4.78 is 0. The van der Waals surface area contributed by atoms with Crippen LogP contribution in [0.5, 0.6) is 0 Å². The highest BCUT2D eigenvalue weighted by molar-refractivity contribution is 7.15. The zero-order valence-electron chi connectivity index (χ0n) is 9.03. The molecule has 1 fully saturated rings. The largest absolute Gasteiger partial charge is 0.375 e. The number of H-pyrrole nitrogens is 1. The zero-order valence-corrected chi connectivity index (χ0v) is 9.84. The van der Waals surface area contributed by atoms with Gasteiger partial charge in [-0.15, -0.1) is 11.3 Å². The van der Waals surface area contributed by atoms with E-state index in [1.165, 1.54) is 24.2 Å². The molecule has 5 nitrogen and oxygen atoms in total. The highest BCUT2D eigenvalue weighted by atomic mass is 32.1. The van der Waals surface area contributed by atoms with Crippen LogP contribution in [-0.2, 0) is 6.42 Å². The zero-order chi connectivity index (χ0) is 11.1. The van der Waals surface area contributed by atoms with E-state index in [0.717, 1.165) is 28.6 Å². The Morgan fingerprint density at radius 2 is 2.25 bits per heavy atom. The van der Waals surface area contributed by atoms with Gasteiger partial charge in [-0.25, -0.2) is 9.97 Å². The molecule has 0 radical (unpaired) electrons. The lowest BCUT2D eigenvalue weighted by Gasteiger charge is -1.92. The summed E-state index contributed by atoms with van der Waals surface area (Å²) in [6.45, 7) is 1.97. The lowest BCUT2D eigenvalue weighted by molar-refractivity contribution is 0.933. The highest BCUT2D eigenvalue weighted by Crippen LogP contribution is 2.37. The molecule has 0 aliphatic heterocycles. The fourth-order valence-corrected chi connectivity index (χ4v) is 2.52. The van der Waals surface area contributed by atoms with Crippen LogP contribution in [-0.4, -0.2) is 20.2 Å². The monoisotopic (exact) mass is 235 g/mol. The van der Waals surface area contributed by atoms with Gasteiger partial charge in [0.1, 0.15) is 5.82 Å². The standard InChI is InChI=1S/C10H13N5S/c1-5-7(16-10(11)12-5)4-8-13-9(15-14-8)6-2-3-6/h6H,2-4H2,1H3,(H2,11,12)(H,13,14,15). The topological polar surface area (TPSA) is 80.5 Å². The van der Waals surface area contributed by atoms with E-state index in [1.54, 1.807) is 0 Å². The van der Waals surface area contributed by atoms with E-state index >= 15 is 0 Å². The molecule has 0 aromatic carbocycles. The second kappa shape index (κ2) is 3.55. The first-order chi connectivity index (χ1) is 7.72. The quantitative estimate of drug-likeness (QED) is 0.847. The molecule has 0 saturated heterocycles. The number of rotatable bonds is 3. The Kier molecular flexibility index (Phi) is 2.17. The van der Waals surface area contributed by atoms with Crippen LogP contribution < -0.4 is 5.73 Å². The number of nitrogens with one attached hydrogen (secondary N) is 1. The second-order valence-corrected chi connectivity index (χ2v) is 5.27. The van der Waals surface area contributed by atoms with Crippen LogP contribution in [0.4, 0.5) is 5.13 Å². The number of aromatic nitrogens is 4. The van der Waals surface area contributed by atoms with Crippen LogP contribution in [0, 0.1) is 6.92 Å². The van der Waals surface area contributed by atoms with Crippen molar-refractivity contribution >= 4 is 16.5 Å². The van der Waals surface area contributed by atoms with Gasteiger partial charge in [0.05, 0.1) is 5.69 Å². The molecule has 1 aliphatic carbocycles. The SMILES string of the molecule is Cc1nc(N)sc1Cc1nc(C2CC2)n[nH]1. The minimum Gasteiger partial charge on any atom is -0.375 e. The van der Waals surface area contributed by atoms with Crippen LogP contribution in [0.1, 0.15) is 41.0 Å². The number of thiazole rings is 1. The van der Waals surface area contributed by atoms with Crippen LogP contribution in [0.3, 0.4) is 0 Å². The number of aryl methyl sites for hydroxylation is 1. The van der Waals surface area contributed by atoms with Gasteiger partial charge in [-0.2, -0.15) is 5.10 Å². The van der Waals surface area contributed by atoms with Crippen molar-refractivity contribution in [1.82, 2.24) is 20.2 Å². The second-order valence-electron chi connectivity index (χ2n) is 4.15. The first kappa shape index (κ1) is 9.77. The molecule has 2 aromatic rings. The molecule has 2 aromatic heterocycles. The van der Waals surface area contributed by atoms with Gasteiger partial charge >= 0.3 is 0 Å². The number of nitrogens with two attached hydrogens (primary N) is 1. The molecule has 0 amide bonds. The molecule has 3 N–H and O–H groups in total. The summed E-state index contributed by atoms with van der Waals surface area (Å²) in [5.41, 5.74) is 6.65. The minimum absolute atomic E-state index is 0.595. The molecular weight excluding hydrogens is 222 g/mol. The normalized spacial score (nSPS) is 15.6. The third-order valence-electron chi connectivity index (χ3n) is 2.73. The van der Waals surface area contributed by atoms with Crippen molar-refractivity contribution in [2.24, 2.45) is 0 Å². The van der Waals surface area contributed by atoms with E-state index in [4.69, 9.17) is 5.73 Å². The Bertz CT molecular complexity index is 511. The molecule has 0 atom stereocenters. The number of anilines is 1. The van der Waals surface area contributed by atoms with Crippen LogP contribution in [0.15, 0.2) is 0 Å². The van der Waals surface area contributed by atoms with Gasteiger partial charge in [-0.05, 0) is 19.8 Å². The van der Waals surface area contributed by atoms with Gasteiger partial charge in [0.25, 0.3) is 0 Å². The lowest BCUT2D eigenvalue weighted by atomic mass is 10.3. The summed E-state index contributed by atoms with van der Waals surface area (Å²) in [7, 11) is 0. The lowest BCUT2D eigenvalue weighted by Crippen LogP contribution is -1.90. The maximum absolute atomic E-state index is 5.66. The molecule has 1 aliphatic rings. The fourth-order valence-electron chi connectivity index (χ4n) is 1.68. The van der Waals surface area contributed by atoms with Crippen molar-refractivity contribution < 1.29 is 0 Å². The molecule has 1 saturated carbocycles. The fraction of sp³-hybridized carbons (Fsp3) is 0.500. The van der Waals surface area contributed by atoms with Crippen molar-refractivity contribution in [2.45, 2.75) is 32.1 Å². The molecule has 0 spiro atoms. The maximum atomic E-state index is 5.66. The molecule has 3 rings (SSSR count). The summed E-state index contributed by atoms with van der Waals surface area (Å²) >= 11 is 1.52. The smallest absolute Gasteiger partial charge is 0.180 e. The summed E-state index contributed by atoms with van der Waals surface area (Å²) in [5, 5.41) is 7.84. The van der Waals surface area contributed by atoms with E-state index in [2.05, 4.69) is 20.2 Å².